The Balaban J connectivity index is 1.83. The van der Waals surface area contributed by atoms with E-state index in [0.29, 0.717) is 11.8 Å². The second-order valence-corrected chi connectivity index (χ2v) is 5.39. The summed E-state index contributed by atoms with van der Waals surface area (Å²) in [6, 6.07) is 3.71. The van der Waals surface area contributed by atoms with E-state index in [1.807, 2.05) is 6.07 Å². The number of hydrogen-bond acceptors (Lipinski definition) is 3. The fourth-order valence-electron chi connectivity index (χ4n) is 2.75. The lowest BCUT2D eigenvalue weighted by Crippen LogP contribution is -2.18. The SMILES string of the molecule is O=c1cc(C2CCNC2)nc2cc(C3CC3)[nH]n12. The minimum Gasteiger partial charge on any atom is -0.316 e. The Hall–Kier alpha value is -1.62. The van der Waals surface area contributed by atoms with Crippen molar-refractivity contribution in [2.75, 3.05) is 13.1 Å². The van der Waals surface area contributed by atoms with Gasteiger partial charge in [0, 0.05) is 36.2 Å². The molecular weight excluding hydrogens is 228 g/mol. The first-order chi connectivity index (χ1) is 8.81. The zero-order valence-electron chi connectivity index (χ0n) is 10.1. The van der Waals surface area contributed by atoms with Crippen molar-refractivity contribution in [1.82, 2.24) is 19.9 Å². The van der Waals surface area contributed by atoms with Gasteiger partial charge in [0.15, 0.2) is 5.65 Å². The summed E-state index contributed by atoms with van der Waals surface area (Å²) >= 11 is 0. The molecule has 0 radical (unpaired) electrons. The van der Waals surface area contributed by atoms with E-state index in [1.54, 1.807) is 10.6 Å². The summed E-state index contributed by atoms with van der Waals surface area (Å²) in [5.41, 5.74) is 2.87. The molecule has 5 heteroatoms. The average molecular weight is 244 g/mol. The smallest absolute Gasteiger partial charge is 0.272 e. The molecule has 94 valence electrons. The highest BCUT2D eigenvalue weighted by atomic mass is 16.1. The molecule has 0 amide bonds. The molecular formula is C13H16N4O. The third-order valence-corrected chi connectivity index (χ3v) is 3.99. The Morgan fingerprint density at radius 2 is 2.11 bits per heavy atom. The normalized spacial score (nSPS) is 23.9. The van der Waals surface area contributed by atoms with Crippen molar-refractivity contribution in [3.8, 4) is 0 Å². The predicted molar refractivity (Wildman–Crippen MR) is 68.0 cm³/mol. The van der Waals surface area contributed by atoms with E-state index in [4.69, 9.17) is 0 Å². The monoisotopic (exact) mass is 244 g/mol. The lowest BCUT2D eigenvalue weighted by Gasteiger charge is -2.06. The largest absolute Gasteiger partial charge is 0.316 e. The van der Waals surface area contributed by atoms with E-state index >= 15 is 0 Å². The molecule has 2 fully saturated rings. The Kier molecular flexibility index (Phi) is 2.11. The third-order valence-electron chi connectivity index (χ3n) is 3.99. The standard InChI is InChI=1S/C13H16N4O/c18-13-6-10(9-3-4-14-7-9)15-12-5-11(8-1-2-8)16-17(12)13/h5-6,8-9,14,16H,1-4,7H2. The lowest BCUT2D eigenvalue weighted by atomic mass is 10.1. The Labute approximate surface area is 104 Å². The van der Waals surface area contributed by atoms with Gasteiger partial charge in [0.05, 0.1) is 5.69 Å². The average Bonchev–Trinajstić information content (AvgIpc) is 2.92. The molecule has 5 nitrogen and oxygen atoms in total. The van der Waals surface area contributed by atoms with Gasteiger partial charge in [0.1, 0.15) is 0 Å². The molecule has 1 saturated carbocycles. The summed E-state index contributed by atoms with van der Waals surface area (Å²) in [5.74, 6) is 1.00. The van der Waals surface area contributed by atoms with Crippen LogP contribution >= 0.6 is 0 Å². The zero-order chi connectivity index (χ0) is 12.1. The number of aromatic nitrogens is 3. The minimum atomic E-state index is 0.00815. The molecule has 4 rings (SSSR count). The van der Waals surface area contributed by atoms with Crippen molar-refractivity contribution in [3.05, 3.63) is 33.9 Å². The van der Waals surface area contributed by atoms with Crippen molar-refractivity contribution >= 4 is 5.65 Å². The molecule has 18 heavy (non-hydrogen) atoms. The quantitative estimate of drug-likeness (QED) is 0.827. The second kappa shape index (κ2) is 3.68. The predicted octanol–water partition coefficient (Wildman–Crippen LogP) is 0.977. The highest BCUT2D eigenvalue weighted by molar-refractivity contribution is 5.42. The zero-order valence-corrected chi connectivity index (χ0v) is 10.1. The Bertz CT molecular complexity index is 647. The Morgan fingerprint density at radius 3 is 2.83 bits per heavy atom. The van der Waals surface area contributed by atoms with Gasteiger partial charge >= 0.3 is 0 Å². The maximum atomic E-state index is 12.1. The maximum absolute atomic E-state index is 12.1. The van der Waals surface area contributed by atoms with Gasteiger partial charge in [-0.05, 0) is 25.8 Å². The van der Waals surface area contributed by atoms with E-state index in [9.17, 15) is 4.79 Å². The summed E-state index contributed by atoms with van der Waals surface area (Å²) in [6.07, 6.45) is 3.52. The topological polar surface area (TPSA) is 62.2 Å². The van der Waals surface area contributed by atoms with Crippen LogP contribution in [-0.2, 0) is 0 Å². The van der Waals surface area contributed by atoms with E-state index in [1.165, 1.54) is 12.8 Å². The second-order valence-electron chi connectivity index (χ2n) is 5.39. The molecule has 3 heterocycles. The molecule has 0 spiro atoms. The van der Waals surface area contributed by atoms with Crippen LogP contribution in [0.5, 0.6) is 0 Å². The van der Waals surface area contributed by atoms with Crippen LogP contribution in [0.4, 0.5) is 0 Å². The lowest BCUT2D eigenvalue weighted by molar-refractivity contribution is 0.724. The van der Waals surface area contributed by atoms with Crippen LogP contribution in [0, 0.1) is 0 Å². The van der Waals surface area contributed by atoms with Crippen LogP contribution in [0.1, 0.15) is 42.5 Å². The summed E-state index contributed by atoms with van der Waals surface area (Å²) < 4.78 is 1.57. The molecule has 2 aromatic heterocycles. The molecule has 0 aromatic carbocycles. The van der Waals surface area contributed by atoms with Gasteiger partial charge in [-0.25, -0.2) is 9.50 Å². The third kappa shape index (κ3) is 1.58. The molecule has 1 unspecified atom stereocenters. The molecule has 1 aliphatic carbocycles. The molecule has 1 saturated heterocycles. The van der Waals surface area contributed by atoms with Gasteiger partial charge in [0.2, 0.25) is 0 Å². The highest BCUT2D eigenvalue weighted by Gasteiger charge is 2.26. The van der Waals surface area contributed by atoms with E-state index in [0.717, 1.165) is 36.5 Å². The van der Waals surface area contributed by atoms with E-state index in [2.05, 4.69) is 15.4 Å². The van der Waals surface area contributed by atoms with Crippen LogP contribution < -0.4 is 10.9 Å². The summed E-state index contributed by atoms with van der Waals surface area (Å²) in [6.45, 7) is 1.95. The number of rotatable bonds is 2. The molecule has 1 atom stereocenters. The first kappa shape index (κ1) is 10.3. The van der Waals surface area contributed by atoms with Gasteiger partial charge in [0.25, 0.3) is 5.56 Å². The van der Waals surface area contributed by atoms with Gasteiger partial charge in [-0.15, -0.1) is 0 Å². The first-order valence-electron chi connectivity index (χ1n) is 6.64. The number of aromatic amines is 1. The van der Waals surface area contributed by atoms with E-state index < -0.39 is 0 Å². The van der Waals surface area contributed by atoms with Crippen LogP contribution in [0.25, 0.3) is 5.65 Å². The fraction of sp³-hybridized carbons (Fsp3) is 0.538. The number of hydrogen-bond donors (Lipinski definition) is 2. The summed E-state index contributed by atoms with van der Waals surface area (Å²) in [7, 11) is 0. The number of nitrogens with one attached hydrogen (secondary N) is 2. The van der Waals surface area contributed by atoms with Gasteiger partial charge in [-0.1, -0.05) is 0 Å². The van der Waals surface area contributed by atoms with Gasteiger partial charge < -0.3 is 5.32 Å². The highest BCUT2D eigenvalue weighted by Crippen LogP contribution is 2.39. The number of fused-ring (bicyclic) bond motifs is 1. The van der Waals surface area contributed by atoms with Crippen molar-refractivity contribution in [2.24, 2.45) is 0 Å². The first-order valence-corrected chi connectivity index (χ1v) is 6.64. The molecule has 0 bridgehead atoms. The van der Waals surface area contributed by atoms with Crippen LogP contribution in [-0.4, -0.2) is 27.7 Å². The maximum Gasteiger partial charge on any atom is 0.272 e. The van der Waals surface area contributed by atoms with Crippen LogP contribution in [0.2, 0.25) is 0 Å². The van der Waals surface area contributed by atoms with Gasteiger partial charge in [-0.2, -0.15) is 0 Å². The molecule has 1 aliphatic heterocycles. The van der Waals surface area contributed by atoms with Crippen LogP contribution in [0.15, 0.2) is 16.9 Å². The fourth-order valence-corrected chi connectivity index (χ4v) is 2.75. The molecule has 2 aromatic rings. The number of nitrogens with zero attached hydrogens (tertiary/aromatic N) is 2. The van der Waals surface area contributed by atoms with Crippen molar-refractivity contribution in [2.45, 2.75) is 31.1 Å². The summed E-state index contributed by atoms with van der Waals surface area (Å²) in [4.78, 5) is 16.7. The van der Waals surface area contributed by atoms with Gasteiger partial charge in [-0.3, -0.25) is 9.89 Å². The van der Waals surface area contributed by atoms with Crippen molar-refractivity contribution < 1.29 is 0 Å². The van der Waals surface area contributed by atoms with E-state index in [-0.39, 0.29) is 5.56 Å². The Morgan fingerprint density at radius 1 is 1.22 bits per heavy atom. The molecule has 2 N–H and O–H groups in total. The van der Waals surface area contributed by atoms with Crippen LogP contribution in [0.3, 0.4) is 0 Å². The minimum absolute atomic E-state index is 0.00815. The molecule has 2 aliphatic rings. The van der Waals surface area contributed by atoms with Crippen molar-refractivity contribution in [1.29, 1.82) is 0 Å². The summed E-state index contributed by atoms with van der Waals surface area (Å²) in [5, 5.41) is 6.48. The van der Waals surface area contributed by atoms with Crippen molar-refractivity contribution in [3.63, 3.8) is 0 Å². The number of H-pyrrole nitrogens is 1.